The highest BCUT2D eigenvalue weighted by molar-refractivity contribution is 7.92. The predicted molar refractivity (Wildman–Crippen MR) is 128 cm³/mol. The largest absolute Gasteiger partial charge is 0.370 e. The van der Waals surface area contributed by atoms with E-state index in [0.29, 0.717) is 5.69 Å². The molecule has 0 unspecified atom stereocenters. The number of fused-ring (bicyclic) bond motifs is 1. The summed E-state index contributed by atoms with van der Waals surface area (Å²) in [6, 6.07) is 5.72. The minimum atomic E-state index is -3.31. The van der Waals surface area contributed by atoms with Gasteiger partial charge in [0.1, 0.15) is 0 Å². The van der Waals surface area contributed by atoms with E-state index in [-0.39, 0.29) is 17.1 Å². The molecule has 0 bridgehead atoms. The summed E-state index contributed by atoms with van der Waals surface area (Å²) in [4.78, 5) is 19.1. The fourth-order valence-electron chi connectivity index (χ4n) is 5.13. The average molecular weight is 469 g/mol. The average Bonchev–Trinajstić information content (AvgIpc) is 3.24. The molecule has 0 radical (unpaired) electrons. The Morgan fingerprint density at radius 2 is 1.97 bits per heavy atom. The van der Waals surface area contributed by atoms with Gasteiger partial charge in [-0.05, 0) is 47.8 Å². The van der Waals surface area contributed by atoms with Crippen molar-refractivity contribution in [1.82, 2.24) is 10.3 Å². The van der Waals surface area contributed by atoms with Crippen molar-refractivity contribution in [3.8, 4) is 22.3 Å². The number of hydrogen-bond donors (Lipinski definition) is 2. The molecule has 0 aliphatic carbocycles. The molecule has 32 heavy (non-hydrogen) atoms. The van der Waals surface area contributed by atoms with Crippen LogP contribution in [0.1, 0.15) is 30.4 Å². The van der Waals surface area contributed by atoms with E-state index in [4.69, 9.17) is 0 Å². The van der Waals surface area contributed by atoms with Gasteiger partial charge in [-0.1, -0.05) is 24.6 Å². The van der Waals surface area contributed by atoms with Crippen molar-refractivity contribution in [2.75, 3.05) is 35.9 Å². The van der Waals surface area contributed by atoms with E-state index in [2.05, 4.69) is 39.0 Å². The topological polar surface area (TPSA) is 82.6 Å². The smallest absolute Gasteiger partial charge is 0.239 e. The lowest BCUT2D eigenvalue weighted by Crippen LogP contribution is -2.44. The summed E-state index contributed by atoms with van der Waals surface area (Å²) in [6.45, 7) is 2.24. The molecule has 3 aliphatic heterocycles. The van der Waals surface area contributed by atoms with E-state index in [1.807, 2.05) is 18.2 Å². The summed E-state index contributed by atoms with van der Waals surface area (Å²) in [5.74, 6) is 3.22. The second-order valence-corrected chi connectivity index (χ2v) is 10.9. The van der Waals surface area contributed by atoms with Gasteiger partial charge in [-0.3, -0.25) is 14.1 Å². The molecule has 166 valence electrons. The van der Waals surface area contributed by atoms with Crippen molar-refractivity contribution in [2.24, 2.45) is 5.41 Å². The molecule has 7 nitrogen and oxygen atoms in total. The molecule has 2 saturated heterocycles. The van der Waals surface area contributed by atoms with E-state index in [0.717, 1.165) is 66.8 Å². The molecule has 1 N–H and O–H groups in total. The third-order valence-electron chi connectivity index (χ3n) is 7.00. The van der Waals surface area contributed by atoms with Crippen LogP contribution in [-0.2, 0) is 20.6 Å². The molecule has 5 rings (SSSR count). The van der Waals surface area contributed by atoms with Crippen LogP contribution >= 0.6 is 12.6 Å². The zero-order valence-corrected chi connectivity index (χ0v) is 19.5. The second-order valence-electron chi connectivity index (χ2n) is 8.66. The maximum atomic E-state index is 12.4. The van der Waals surface area contributed by atoms with Gasteiger partial charge in [0.2, 0.25) is 15.9 Å². The van der Waals surface area contributed by atoms with Crippen molar-refractivity contribution in [3.05, 3.63) is 41.7 Å². The van der Waals surface area contributed by atoms with Gasteiger partial charge in [-0.2, -0.15) is 0 Å². The monoisotopic (exact) mass is 468 g/mol. The maximum absolute atomic E-state index is 12.4. The van der Waals surface area contributed by atoms with Gasteiger partial charge in [0.05, 0.1) is 28.1 Å². The second kappa shape index (κ2) is 7.71. The summed E-state index contributed by atoms with van der Waals surface area (Å²) in [5, 5.41) is 5.67. The number of benzene rings is 1. The normalized spacial score (nSPS) is 20.6. The van der Waals surface area contributed by atoms with Crippen LogP contribution in [0, 0.1) is 16.6 Å². The van der Waals surface area contributed by atoms with Gasteiger partial charge in [0, 0.05) is 44.6 Å². The standard InChI is InChI=1S/C23H24N4O3S2/c1-26-20-3-2-16(12-18(20)15-32(26,29)30)19-14-24-13-17(4-11-31)21(19)27-9-6-23(7-10-27)5-8-25-22(23)28/h2-3,12-14,31H,5-10,15H2,1H3,(H,25,28). The van der Waals surface area contributed by atoms with Crippen LogP contribution in [0.3, 0.4) is 0 Å². The molecular weight excluding hydrogens is 444 g/mol. The third kappa shape index (κ3) is 3.33. The molecule has 1 aromatic heterocycles. The summed E-state index contributed by atoms with van der Waals surface area (Å²) in [6.07, 6.45) is 6.02. The van der Waals surface area contributed by atoms with Gasteiger partial charge in [0.25, 0.3) is 0 Å². The minimum Gasteiger partial charge on any atom is -0.370 e. The molecule has 2 fully saturated rings. The lowest BCUT2D eigenvalue weighted by molar-refractivity contribution is -0.128. The van der Waals surface area contributed by atoms with Crippen LogP contribution < -0.4 is 14.5 Å². The minimum absolute atomic E-state index is 0.00703. The molecule has 1 aromatic carbocycles. The van der Waals surface area contributed by atoms with E-state index >= 15 is 0 Å². The summed E-state index contributed by atoms with van der Waals surface area (Å²) in [5.41, 5.74) is 4.77. The first-order valence-corrected chi connectivity index (χ1v) is 12.7. The highest BCUT2D eigenvalue weighted by Crippen LogP contribution is 2.43. The number of carbonyl (C=O) groups is 1. The fraction of sp³-hybridized carbons (Fsp3) is 0.391. The summed E-state index contributed by atoms with van der Waals surface area (Å²) >= 11 is 4.09. The molecule has 0 saturated carbocycles. The Kier molecular flexibility index (Phi) is 5.10. The number of pyridine rings is 1. The number of hydrogen-bond acceptors (Lipinski definition) is 6. The zero-order chi connectivity index (χ0) is 22.5. The Balaban J connectivity index is 1.55. The molecular formula is C23H24N4O3S2. The lowest BCUT2D eigenvalue weighted by atomic mass is 9.77. The van der Waals surface area contributed by atoms with Crippen LogP contribution in [0.4, 0.5) is 11.4 Å². The highest BCUT2D eigenvalue weighted by atomic mass is 32.2. The lowest BCUT2D eigenvalue weighted by Gasteiger charge is -2.39. The number of amides is 1. The van der Waals surface area contributed by atoms with Gasteiger partial charge in [0.15, 0.2) is 0 Å². The third-order valence-corrected chi connectivity index (χ3v) is 8.82. The number of piperidine rings is 1. The molecule has 4 heterocycles. The molecule has 2 aromatic rings. The number of aromatic nitrogens is 1. The summed E-state index contributed by atoms with van der Waals surface area (Å²) in [7, 11) is -1.73. The SMILES string of the molecule is CN1c2ccc(-c3cncc(C#CS)c3N3CCC4(CCNC4=O)CC3)cc2CS1(=O)=O. The fourth-order valence-corrected chi connectivity index (χ4v) is 6.54. The van der Waals surface area contributed by atoms with Gasteiger partial charge < -0.3 is 10.2 Å². The maximum Gasteiger partial charge on any atom is 0.239 e. The molecule has 1 spiro atoms. The first-order valence-electron chi connectivity index (χ1n) is 10.6. The van der Waals surface area contributed by atoms with Gasteiger partial charge in [-0.15, -0.1) is 0 Å². The quantitative estimate of drug-likeness (QED) is 0.522. The van der Waals surface area contributed by atoms with E-state index in [1.165, 1.54) is 4.31 Å². The van der Waals surface area contributed by atoms with Crippen molar-refractivity contribution in [2.45, 2.75) is 25.0 Å². The van der Waals surface area contributed by atoms with Crippen LogP contribution in [-0.4, -0.2) is 46.0 Å². The van der Waals surface area contributed by atoms with Gasteiger partial charge in [-0.25, -0.2) is 8.42 Å². The van der Waals surface area contributed by atoms with E-state index in [1.54, 1.807) is 19.4 Å². The van der Waals surface area contributed by atoms with Crippen molar-refractivity contribution < 1.29 is 13.2 Å². The van der Waals surface area contributed by atoms with Crippen LogP contribution in [0.5, 0.6) is 0 Å². The molecule has 3 aliphatic rings. The van der Waals surface area contributed by atoms with E-state index in [9.17, 15) is 13.2 Å². The Bertz CT molecular complexity index is 1270. The highest BCUT2D eigenvalue weighted by Gasteiger charge is 2.44. The first-order chi connectivity index (χ1) is 15.3. The zero-order valence-electron chi connectivity index (χ0n) is 17.8. The Labute approximate surface area is 193 Å². The number of anilines is 2. The number of rotatable bonds is 2. The Morgan fingerprint density at radius 1 is 1.19 bits per heavy atom. The Morgan fingerprint density at radius 3 is 2.66 bits per heavy atom. The van der Waals surface area contributed by atoms with Crippen molar-refractivity contribution in [1.29, 1.82) is 0 Å². The number of sulfonamides is 1. The Hall–Kier alpha value is -2.70. The van der Waals surface area contributed by atoms with Crippen LogP contribution in [0.25, 0.3) is 11.1 Å². The number of nitrogens with one attached hydrogen (secondary N) is 1. The summed E-state index contributed by atoms with van der Waals surface area (Å²) < 4.78 is 26.0. The van der Waals surface area contributed by atoms with Crippen LogP contribution in [0.2, 0.25) is 0 Å². The first kappa shape index (κ1) is 21.2. The predicted octanol–water partition coefficient (Wildman–Crippen LogP) is 2.37. The van der Waals surface area contributed by atoms with Crippen LogP contribution in [0.15, 0.2) is 30.6 Å². The van der Waals surface area contributed by atoms with Gasteiger partial charge >= 0.3 is 0 Å². The molecule has 0 atom stereocenters. The number of thiol groups is 1. The van der Waals surface area contributed by atoms with Crippen molar-refractivity contribution >= 4 is 39.9 Å². The number of carbonyl (C=O) groups excluding carboxylic acids is 1. The molecule has 9 heteroatoms. The molecule has 1 amide bonds. The van der Waals surface area contributed by atoms with E-state index < -0.39 is 10.0 Å². The number of nitrogens with zero attached hydrogens (tertiary/aromatic N) is 3. The van der Waals surface area contributed by atoms with Crippen molar-refractivity contribution in [3.63, 3.8) is 0 Å².